The number of hydrogen-bond acceptors (Lipinski definition) is 4. The quantitative estimate of drug-likeness (QED) is 0.698. The molecule has 1 unspecified atom stereocenters. The molecule has 1 atom stereocenters. The van der Waals surface area contributed by atoms with E-state index in [0.29, 0.717) is 17.3 Å². The molecule has 1 aromatic carbocycles. The van der Waals surface area contributed by atoms with Crippen molar-refractivity contribution >= 4 is 17.3 Å². The fourth-order valence-electron chi connectivity index (χ4n) is 2.69. The van der Waals surface area contributed by atoms with Crippen LogP contribution in [0, 0.1) is 0 Å². The Balaban J connectivity index is 2.06. The number of hydrogen-bond donors (Lipinski definition) is 3. The number of nitrogens with one attached hydrogen (secondary N) is 1. The summed E-state index contributed by atoms with van der Waals surface area (Å²) in [5.41, 5.74) is 13.0. The van der Waals surface area contributed by atoms with E-state index in [4.69, 9.17) is 11.5 Å². The SMILES string of the molecule is CCN1CCCC1CNc1cc(N)ccc1C(N)=O. The van der Waals surface area contributed by atoms with Crippen molar-refractivity contribution in [3.63, 3.8) is 0 Å². The van der Waals surface area contributed by atoms with E-state index in [1.165, 1.54) is 12.8 Å². The molecule has 1 saturated heterocycles. The first-order chi connectivity index (χ1) is 9.11. The minimum atomic E-state index is -0.429. The maximum Gasteiger partial charge on any atom is 0.250 e. The molecule has 2 rings (SSSR count). The molecule has 0 aliphatic carbocycles. The van der Waals surface area contributed by atoms with Crippen LogP contribution in [-0.4, -0.2) is 36.5 Å². The number of nitrogen functional groups attached to an aromatic ring is 1. The topological polar surface area (TPSA) is 84.4 Å². The van der Waals surface area contributed by atoms with Crippen LogP contribution in [0.15, 0.2) is 18.2 Å². The second kappa shape index (κ2) is 5.93. The summed E-state index contributed by atoms with van der Waals surface area (Å²) in [7, 11) is 0. The van der Waals surface area contributed by atoms with Gasteiger partial charge in [0.1, 0.15) is 0 Å². The fraction of sp³-hybridized carbons (Fsp3) is 0.500. The number of rotatable bonds is 5. The van der Waals surface area contributed by atoms with Gasteiger partial charge in [-0.3, -0.25) is 9.69 Å². The van der Waals surface area contributed by atoms with Crippen LogP contribution in [0.3, 0.4) is 0 Å². The zero-order valence-electron chi connectivity index (χ0n) is 11.4. The Hall–Kier alpha value is -1.75. The second-order valence-electron chi connectivity index (χ2n) is 4.97. The van der Waals surface area contributed by atoms with E-state index in [1.807, 2.05) is 0 Å². The van der Waals surface area contributed by atoms with Gasteiger partial charge in [0.2, 0.25) is 0 Å². The van der Waals surface area contributed by atoms with Gasteiger partial charge in [-0.2, -0.15) is 0 Å². The third-order valence-electron chi connectivity index (χ3n) is 3.74. The Morgan fingerprint density at radius 2 is 2.32 bits per heavy atom. The number of anilines is 2. The predicted molar refractivity (Wildman–Crippen MR) is 78.1 cm³/mol. The molecule has 0 bridgehead atoms. The summed E-state index contributed by atoms with van der Waals surface area (Å²) in [6.45, 7) is 5.21. The molecule has 1 aliphatic heterocycles. The van der Waals surface area contributed by atoms with Gasteiger partial charge in [-0.1, -0.05) is 6.92 Å². The molecule has 5 nitrogen and oxygen atoms in total. The third kappa shape index (κ3) is 3.17. The molecule has 0 spiro atoms. The van der Waals surface area contributed by atoms with E-state index < -0.39 is 5.91 Å². The number of nitrogens with two attached hydrogens (primary N) is 2. The summed E-state index contributed by atoms with van der Waals surface area (Å²) in [6, 6.07) is 5.66. The molecule has 5 heteroatoms. The number of primary amides is 1. The van der Waals surface area contributed by atoms with Crippen molar-refractivity contribution in [2.45, 2.75) is 25.8 Å². The maximum absolute atomic E-state index is 11.4. The van der Waals surface area contributed by atoms with Crippen molar-refractivity contribution in [1.29, 1.82) is 0 Å². The van der Waals surface area contributed by atoms with E-state index >= 15 is 0 Å². The highest BCUT2D eigenvalue weighted by atomic mass is 16.1. The van der Waals surface area contributed by atoms with Crippen LogP contribution in [0.2, 0.25) is 0 Å². The Kier molecular flexibility index (Phi) is 4.27. The number of likely N-dealkylation sites (tertiary alicyclic amines) is 1. The molecule has 0 radical (unpaired) electrons. The first kappa shape index (κ1) is 13.7. The summed E-state index contributed by atoms with van der Waals surface area (Å²) in [5.74, 6) is -0.429. The molecule has 1 aromatic rings. The highest BCUT2D eigenvalue weighted by Crippen LogP contribution is 2.21. The van der Waals surface area contributed by atoms with Gasteiger partial charge in [0.15, 0.2) is 0 Å². The standard InChI is InChI=1S/C14H22N4O/c1-2-18-7-3-4-11(18)9-17-13-8-10(15)5-6-12(13)14(16)19/h5-6,8,11,17H,2-4,7,9,15H2,1H3,(H2,16,19). The lowest BCUT2D eigenvalue weighted by molar-refractivity contribution is 0.100. The van der Waals surface area contributed by atoms with Crippen LogP contribution < -0.4 is 16.8 Å². The number of likely N-dealkylation sites (N-methyl/N-ethyl adjacent to an activating group) is 1. The van der Waals surface area contributed by atoms with E-state index in [9.17, 15) is 4.79 Å². The monoisotopic (exact) mass is 262 g/mol. The molecule has 19 heavy (non-hydrogen) atoms. The second-order valence-corrected chi connectivity index (χ2v) is 4.97. The van der Waals surface area contributed by atoms with Crippen LogP contribution in [0.5, 0.6) is 0 Å². The summed E-state index contributed by atoms with van der Waals surface area (Å²) in [6.07, 6.45) is 2.43. The van der Waals surface area contributed by atoms with Gasteiger partial charge in [-0.05, 0) is 44.1 Å². The van der Waals surface area contributed by atoms with Crippen molar-refractivity contribution in [3.05, 3.63) is 23.8 Å². The number of carbonyl (C=O) groups is 1. The minimum absolute atomic E-state index is 0.429. The zero-order chi connectivity index (χ0) is 13.8. The highest BCUT2D eigenvalue weighted by molar-refractivity contribution is 5.99. The lowest BCUT2D eigenvalue weighted by atomic mass is 10.1. The summed E-state index contributed by atoms with van der Waals surface area (Å²) < 4.78 is 0. The van der Waals surface area contributed by atoms with Crippen molar-refractivity contribution in [2.24, 2.45) is 5.73 Å². The first-order valence-corrected chi connectivity index (χ1v) is 6.79. The lowest BCUT2D eigenvalue weighted by Gasteiger charge is -2.24. The van der Waals surface area contributed by atoms with Gasteiger partial charge >= 0.3 is 0 Å². The van der Waals surface area contributed by atoms with Crippen molar-refractivity contribution in [1.82, 2.24) is 4.90 Å². The predicted octanol–water partition coefficient (Wildman–Crippen LogP) is 1.26. The number of amides is 1. The number of nitrogens with zero attached hydrogens (tertiary/aromatic N) is 1. The normalized spacial score (nSPS) is 19.5. The lowest BCUT2D eigenvalue weighted by Crippen LogP contribution is -2.35. The Morgan fingerprint density at radius 1 is 1.53 bits per heavy atom. The van der Waals surface area contributed by atoms with Gasteiger partial charge in [-0.15, -0.1) is 0 Å². The van der Waals surface area contributed by atoms with Crippen LogP contribution in [0.1, 0.15) is 30.1 Å². The van der Waals surface area contributed by atoms with Gasteiger partial charge in [0.25, 0.3) is 5.91 Å². The van der Waals surface area contributed by atoms with Crippen LogP contribution in [0.25, 0.3) is 0 Å². The van der Waals surface area contributed by atoms with Crippen molar-refractivity contribution in [2.75, 3.05) is 30.7 Å². The van der Waals surface area contributed by atoms with Gasteiger partial charge < -0.3 is 16.8 Å². The molecular weight excluding hydrogens is 240 g/mol. The van der Waals surface area contributed by atoms with E-state index in [-0.39, 0.29) is 0 Å². The third-order valence-corrected chi connectivity index (χ3v) is 3.74. The van der Waals surface area contributed by atoms with Gasteiger partial charge in [0.05, 0.1) is 5.56 Å². The van der Waals surface area contributed by atoms with Crippen molar-refractivity contribution in [3.8, 4) is 0 Å². The van der Waals surface area contributed by atoms with Crippen molar-refractivity contribution < 1.29 is 4.79 Å². The minimum Gasteiger partial charge on any atom is -0.399 e. The van der Waals surface area contributed by atoms with E-state index in [2.05, 4.69) is 17.1 Å². The summed E-state index contributed by atoms with van der Waals surface area (Å²) in [5, 5.41) is 3.32. The Morgan fingerprint density at radius 3 is 3.00 bits per heavy atom. The molecular formula is C14H22N4O. The molecule has 0 aromatic heterocycles. The molecule has 104 valence electrons. The van der Waals surface area contributed by atoms with Crippen LogP contribution in [-0.2, 0) is 0 Å². The molecule has 1 amide bonds. The number of carbonyl (C=O) groups excluding carboxylic acids is 1. The number of benzene rings is 1. The average molecular weight is 262 g/mol. The molecule has 1 fully saturated rings. The maximum atomic E-state index is 11.4. The van der Waals surface area contributed by atoms with E-state index in [0.717, 1.165) is 25.3 Å². The average Bonchev–Trinajstić information content (AvgIpc) is 2.83. The Bertz CT molecular complexity index is 461. The molecule has 0 saturated carbocycles. The Labute approximate surface area is 113 Å². The molecule has 1 heterocycles. The molecule has 5 N–H and O–H groups in total. The van der Waals surface area contributed by atoms with Gasteiger partial charge in [0, 0.05) is 24.0 Å². The highest BCUT2D eigenvalue weighted by Gasteiger charge is 2.22. The van der Waals surface area contributed by atoms with Crippen LogP contribution >= 0.6 is 0 Å². The zero-order valence-corrected chi connectivity index (χ0v) is 11.4. The largest absolute Gasteiger partial charge is 0.399 e. The smallest absolute Gasteiger partial charge is 0.250 e. The molecule has 1 aliphatic rings. The first-order valence-electron chi connectivity index (χ1n) is 6.79. The van der Waals surface area contributed by atoms with Gasteiger partial charge in [-0.25, -0.2) is 0 Å². The van der Waals surface area contributed by atoms with E-state index in [1.54, 1.807) is 18.2 Å². The summed E-state index contributed by atoms with van der Waals surface area (Å²) in [4.78, 5) is 13.8. The van der Waals surface area contributed by atoms with Crippen LogP contribution in [0.4, 0.5) is 11.4 Å². The summed E-state index contributed by atoms with van der Waals surface area (Å²) >= 11 is 0. The fourth-order valence-corrected chi connectivity index (χ4v) is 2.69.